The highest BCUT2D eigenvalue weighted by Crippen LogP contribution is 2.23. The van der Waals surface area contributed by atoms with E-state index in [-0.39, 0.29) is 11.1 Å². The average Bonchev–Trinajstić information content (AvgIpc) is 2.31. The Bertz CT molecular complexity index is 433. The number of nitrogens with zero attached hydrogens (tertiary/aromatic N) is 1. The zero-order chi connectivity index (χ0) is 13.8. The van der Waals surface area contributed by atoms with Crippen LogP contribution in [-0.2, 0) is 6.54 Å². The van der Waals surface area contributed by atoms with Crippen molar-refractivity contribution in [1.82, 2.24) is 5.32 Å². The van der Waals surface area contributed by atoms with Crippen molar-refractivity contribution in [3.8, 4) is 0 Å². The minimum absolute atomic E-state index is 0.0750. The average molecular weight is 271 g/mol. The third-order valence-corrected chi connectivity index (χ3v) is 3.48. The summed E-state index contributed by atoms with van der Waals surface area (Å²) in [7, 11) is 0. The molecule has 4 nitrogen and oxygen atoms in total. The third-order valence-electron chi connectivity index (χ3n) is 3.12. The second kappa shape index (κ2) is 6.16. The number of nitro groups is 1. The van der Waals surface area contributed by atoms with Gasteiger partial charge in [0, 0.05) is 30.2 Å². The predicted molar refractivity (Wildman–Crippen MR) is 73.9 cm³/mol. The van der Waals surface area contributed by atoms with Crippen LogP contribution in [0.15, 0.2) is 18.2 Å². The van der Waals surface area contributed by atoms with E-state index in [9.17, 15) is 10.1 Å². The van der Waals surface area contributed by atoms with Crippen molar-refractivity contribution in [2.45, 2.75) is 33.7 Å². The van der Waals surface area contributed by atoms with Gasteiger partial charge in [-0.1, -0.05) is 32.4 Å². The van der Waals surface area contributed by atoms with E-state index in [1.165, 1.54) is 12.1 Å². The van der Waals surface area contributed by atoms with Crippen molar-refractivity contribution in [2.24, 2.45) is 5.41 Å². The fraction of sp³-hybridized carbons (Fsp3) is 0.538. The molecule has 0 unspecified atom stereocenters. The first-order valence-electron chi connectivity index (χ1n) is 5.99. The number of halogens is 1. The van der Waals surface area contributed by atoms with Gasteiger partial charge in [-0.15, -0.1) is 0 Å². The van der Waals surface area contributed by atoms with Gasteiger partial charge in [0.2, 0.25) is 0 Å². The molecule has 1 N–H and O–H groups in total. The molecule has 0 atom stereocenters. The molecule has 1 aromatic carbocycles. The van der Waals surface area contributed by atoms with Gasteiger partial charge in [0.05, 0.1) is 4.92 Å². The smallest absolute Gasteiger partial charge is 0.269 e. The molecule has 0 spiro atoms. The Morgan fingerprint density at radius 1 is 1.44 bits per heavy atom. The molecule has 18 heavy (non-hydrogen) atoms. The first kappa shape index (κ1) is 14.9. The lowest BCUT2D eigenvalue weighted by Crippen LogP contribution is -2.28. The fourth-order valence-corrected chi connectivity index (χ4v) is 1.66. The molecule has 0 radical (unpaired) electrons. The van der Waals surface area contributed by atoms with E-state index in [4.69, 9.17) is 11.6 Å². The quantitative estimate of drug-likeness (QED) is 0.632. The van der Waals surface area contributed by atoms with E-state index in [0.29, 0.717) is 11.6 Å². The molecular weight excluding hydrogens is 252 g/mol. The van der Waals surface area contributed by atoms with Gasteiger partial charge in [-0.3, -0.25) is 10.1 Å². The highest BCUT2D eigenvalue weighted by molar-refractivity contribution is 6.31. The molecule has 0 aliphatic carbocycles. The van der Waals surface area contributed by atoms with Gasteiger partial charge in [-0.25, -0.2) is 0 Å². The molecule has 0 aliphatic rings. The summed E-state index contributed by atoms with van der Waals surface area (Å²) in [5, 5.41) is 14.5. The first-order chi connectivity index (χ1) is 8.35. The van der Waals surface area contributed by atoms with Crippen LogP contribution in [0.1, 0.15) is 32.8 Å². The summed E-state index contributed by atoms with van der Waals surface area (Å²) in [6, 6.07) is 4.51. The van der Waals surface area contributed by atoms with Gasteiger partial charge in [0.25, 0.3) is 5.69 Å². The maximum Gasteiger partial charge on any atom is 0.269 e. The van der Waals surface area contributed by atoms with Gasteiger partial charge in [-0.2, -0.15) is 0 Å². The number of hydrogen-bond donors (Lipinski definition) is 1. The Morgan fingerprint density at radius 2 is 2.11 bits per heavy atom. The topological polar surface area (TPSA) is 55.2 Å². The zero-order valence-corrected chi connectivity index (χ0v) is 11.8. The van der Waals surface area contributed by atoms with Gasteiger partial charge in [-0.05, 0) is 23.5 Å². The number of benzene rings is 1. The summed E-state index contributed by atoms with van der Waals surface area (Å²) in [6.45, 7) is 7.89. The Balaban J connectivity index is 2.67. The van der Waals surface area contributed by atoms with E-state index in [0.717, 1.165) is 18.5 Å². The lowest BCUT2D eigenvalue weighted by Gasteiger charge is -2.23. The van der Waals surface area contributed by atoms with Gasteiger partial charge in [0.1, 0.15) is 0 Å². The van der Waals surface area contributed by atoms with Crippen molar-refractivity contribution in [2.75, 3.05) is 6.54 Å². The predicted octanol–water partition coefficient (Wildman–Crippen LogP) is 3.77. The largest absolute Gasteiger partial charge is 0.312 e. The summed E-state index contributed by atoms with van der Waals surface area (Å²) in [5.41, 5.74) is 1.05. The number of hydrogen-bond acceptors (Lipinski definition) is 3. The van der Waals surface area contributed by atoms with Crippen LogP contribution < -0.4 is 5.32 Å². The van der Waals surface area contributed by atoms with Crippen LogP contribution in [0.4, 0.5) is 5.69 Å². The maximum absolute atomic E-state index is 10.7. The molecule has 100 valence electrons. The van der Waals surface area contributed by atoms with E-state index >= 15 is 0 Å². The molecule has 1 aromatic rings. The second-order valence-corrected chi connectivity index (χ2v) is 5.56. The summed E-state index contributed by atoms with van der Waals surface area (Å²) in [4.78, 5) is 10.3. The first-order valence-corrected chi connectivity index (χ1v) is 6.37. The van der Waals surface area contributed by atoms with Crippen LogP contribution in [0.25, 0.3) is 0 Å². The molecule has 0 fully saturated rings. The Labute approximate surface area is 112 Å². The highest BCUT2D eigenvalue weighted by Gasteiger charge is 2.15. The molecule has 1 rings (SSSR count). The molecular formula is C13H19ClN2O2. The molecule has 0 aliphatic heterocycles. The Hall–Kier alpha value is -1.13. The van der Waals surface area contributed by atoms with E-state index in [2.05, 4.69) is 26.1 Å². The lowest BCUT2D eigenvalue weighted by molar-refractivity contribution is -0.384. The van der Waals surface area contributed by atoms with Crippen molar-refractivity contribution in [1.29, 1.82) is 0 Å². The van der Waals surface area contributed by atoms with Crippen LogP contribution in [0.5, 0.6) is 0 Å². The van der Waals surface area contributed by atoms with Crippen LogP contribution in [-0.4, -0.2) is 11.5 Å². The fourth-order valence-electron chi connectivity index (χ4n) is 1.47. The van der Waals surface area contributed by atoms with E-state index < -0.39 is 4.92 Å². The summed E-state index contributed by atoms with van der Waals surface area (Å²) >= 11 is 6.02. The number of non-ortho nitro benzene ring substituents is 1. The summed E-state index contributed by atoms with van der Waals surface area (Å²) < 4.78 is 0. The minimum atomic E-state index is -0.407. The summed E-state index contributed by atoms with van der Waals surface area (Å²) in [5.74, 6) is 0. The minimum Gasteiger partial charge on any atom is -0.312 e. The van der Waals surface area contributed by atoms with Gasteiger partial charge >= 0.3 is 0 Å². The summed E-state index contributed by atoms with van der Waals surface area (Å²) in [6.07, 6.45) is 1.07. The van der Waals surface area contributed by atoms with Crippen molar-refractivity contribution >= 4 is 17.3 Å². The standard InChI is InChI=1S/C13H19ClN2O2/c1-4-13(2,3)9-15-8-10-7-11(16(17)18)5-6-12(10)14/h5-7,15H,4,8-9H2,1-3H3. The lowest BCUT2D eigenvalue weighted by atomic mass is 9.90. The molecule has 5 heteroatoms. The van der Waals surface area contributed by atoms with E-state index in [1.807, 2.05) is 0 Å². The van der Waals surface area contributed by atoms with Crippen LogP contribution in [0, 0.1) is 15.5 Å². The SMILES string of the molecule is CCC(C)(C)CNCc1cc([N+](=O)[O-])ccc1Cl. The van der Waals surface area contributed by atoms with Crippen LogP contribution in [0.3, 0.4) is 0 Å². The maximum atomic E-state index is 10.7. The molecule has 0 saturated carbocycles. The highest BCUT2D eigenvalue weighted by atomic mass is 35.5. The van der Waals surface area contributed by atoms with Gasteiger partial charge in [0.15, 0.2) is 0 Å². The molecule has 0 amide bonds. The van der Waals surface area contributed by atoms with Gasteiger partial charge < -0.3 is 5.32 Å². The third kappa shape index (κ3) is 4.27. The van der Waals surface area contributed by atoms with Crippen LogP contribution >= 0.6 is 11.6 Å². The van der Waals surface area contributed by atoms with Crippen molar-refractivity contribution in [3.63, 3.8) is 0 Å². The van der Waals surface area contributed by atoms with Crippen molar-refractivity contribution in [3.05, 3.63) is 38.9 Å². The monoisotopic (exact) mass is 270 g/mol. The molecule has 0 aromatic heterocycles. The molecule has 0 bridgehead atoms. The number of rotatable bonds is 6. The van der Waals surface area contributed by atoms with Crippen LogP contribution in [0.2, 0.25) is 5.02 Å². The molecule has 0 saturated heterocycles. The number of nitro benzene ring substituents is 1. The normalized spacial score (nSPS) is 11.6. The second-order valence-electron chi connectivity index (χ2n) is 5.15. The Morgan fingerprint density at radius 3 is 2.67 bits per heavy atom. The zero-order valence-electron chi connectivity index (χ0n) is 11.0. The van der Waals surface area contributed by atoms with E-state index in [1.54, 1.807) is 6.07 Å². The van der Waals surface area contributed by atoms with Crippen molar-refractivity contribution < 1.29 is 4.92 Å². The number of nitrogens with one attached hydrogen (secondary N) is 1. The molecule has 0 heterocycles. The Kier molecular flexibility index (Phi) is 5.11.